The van der Waals surface area contributed by atoms with Crippen LogP contribution in [0.1, 0.15) is 87.5 Å². The molecule has 43 heavy (non-hydrogen) atoms. The van der Waals surface area contributed by atoms with Gasteiger partial charge in [0.15, 0.2) is 17.7 Å². The number of carbonyl (C=O) groups is 2. The van der Waals surface area contributed by atoms with E-state index in [0.717, 1.165) is 22.9 Å². The van der Waals surface area contributed by atoms with Gasteiger partial charge in [-0.05, 0) is 31.4 Å². The van der Waals surface area contributed by atoms with Crippen molar-refractivity contribution in [2.75, 3.05) is 27.9 Å². The van der Waals surface area contributed by atoms with Crippen molar-refractivity contribution in [2.45, 2.75) is 102 Å². The van der Waals surface area contributed by atoms with Gasteiger partial charge in [-0.1, -0.05) is 41.5 Å². The van der Waals surface area contributed by atoms with Crippen LogP contribution in [0.2, 0.25) is 10.1 Å². The van der Waals surface area contributed by atoms with Crippen molar-refractivity contribution in [2.24, 2.45) is 0 Å². The molecule has 1 aliphatic carbocycles. The third-order valence-electron chi connectivity index (χ3n) is 9.17. The van der Waals surface area contributed by atoms with Crippen LogP contribution in [-0.2, 0) is 34.9 Å². The van der Waals surface area contributed by atoms with Crippen LogP contribution in [0.5, 0.6) is 17.2 Å². The molecule has 0 amide bonds. The number of hydrogen-bond acceptors (Lipinski definition) is 10. The summed E-state index contributed by atoms with van der Waals surface area (Å²) in [5.74, 6) is -0.276. The van der Waals surface area contributed by atoms with Crippen LogP contribution in [0.15, 0.2) is 6.07 Å². The van der Waals surface area contributed by atoms with Crippen molar-refractivity contribution in [3.05, 3.63) is 28.3 Å². The van der Waals surface area contributed by atoms with Gasteiger partial charge in [0.05, 0.1) is 18.1 Å². The topological polar surface area (TPSA) is 108 Å². The predicted molar refractivity (Wildman–Crippen MR) is 159 cm³/mol. The summed E-state index contributed by atoms with van der Waals surface area (Å²) in [6.07, 6.45) is -1.07. The molecule has 2 aromatic carbocycles. The zero-order chi connectivity index (χ0) is 31.3. The minimum Gasteiger partial charge on any atom is -0.510 e. The Kier molecular flexibility index (Phi) is 7.08. The highest BCUT2D eigenvalue weighted by molar-refractivity contribution is 6.75. The number of hydrogen-bond donors (Lipinski definition) is 0. The quantitative estimate of drug-likeness (QED) is 0.302. The van der Waals surface area contributed by atoms with Crippen LogP contribution >= 0.6 is 0 Å². The summed E-state index contributed by atoms with van der Waals surface area (Å²) in [5, 5.41) is 0.575. The number of fused-ring (bicyclic) bond motifs is 4. The minimum absolute atomic E-state index is 0.0269. The summed E-state index contributed by atoms with van der Waals surface area (Å²) in [4.78, 5) is 27.0. The Labute approximate surface area is 253 Å². The normalized spacial score (nSPS) is 26.4. The van der Waals surface area contributed by atoms with E-state index in [-0.39, 0.29) is 18.2 Å². The Morgan fingerprint density at radius 2 is 1.56 bits per heavy atom. The van der Waals surface area contributed by atoms with Crippen LogP contribution in [-0.4, -0.2) is 66.4 Å². The molecule has 2 saturated heterocycles. The molecule has 0 aromatic heterocycles. The Balaban J connectivity index is 1.71. The van der Waals surface area contributed by atoms with Crippen molar-refractivity contribution in [3.8, 4) is 17.2 Å². The van der Waals surface area contributed by atoms with E-state index in [1.54, 1.807) is 7.11 Å². The number of methoxy groups -OCH3 is 3. The molecule has 0 spiro atoms. The molecule has 0 saturated carbocycles. The Bertz CT molecular complexity index is 1500. The van der Waals surface area contributed by atoms with Crippen molar-refractivity contribution in [3.63, 3.8) is 0 Å². The van der Waals surface area contributed by atoms with E-state index >= 15 is 0 Å². The van der Waals surface area contributed by atoms with Crippen molar-refractivity contribution in [1.82, 2.24) is 0 Å². The zero-order valence-corrected chi connectivity index (χ0v) is 27.7. The molecule has 0 radical (unpaired) electrons. The third kappa shape index (κ3) is 4.15. The molecular weight excluding hydrogens is 572 g/mol. The first-order chi connectivity index (χ1) is 20.1. The molecule has 4 aliphatic rings. The fourth-order valence-electron chi connectivity index (χ4n) is 7.51. The van der Waals surface area contributed by atoms with Crippen molar-refractivity contribution in [1.29, 1.82) is 0 Å². The lowest BCUT2D eigenvalue weighted by Crippen LogP contribution is -2.63. The molecule has 3 unspecified atom stereocenters. The third-order valence-corrected chi connectivity index (χ3v) is 14.1. The lowest BCUT2D eigenvalue weighted by atomic mass is 9.84. The summed E-state index contributed by atoms with van der Waals surface area (Å²) in [5.41, 5.74) is 2.90. The first-order valence-electron chi connectivity index (χ1n) is 14.8. The Hall–Kier alpha value is -2.54. The summed E-state index contributed by atoms with van der Waals surface area (Å²) in [6.45, 7) is 14.5. The zero-order valence-electron chi connectivity index (χ0n) is 26.7. The van der Waals surface area contributed by atoms with E-state index in [4.69, 9.17) is 37.3 Å². The van der Waals surface area contributed by atoms with Gasteiger partial charge in [0.25, 0.3) is 0 Å². The summed E-state index contributed by atoms with van der Waals surface area (Å²) >= 11 is 0. The molecule has 3 heterocycles. The molecule has 6 rings (SSSR count). The van der Waals surface area contributed by atoms with Crippen LogP contribution < -0.4 is 13.6 Å². The van der Waals surface area contributed by atoms with Gasteiger partial charge in [-0.2, -0.15) is 0 Å². The Morgan fingerprint density at radius 3 is 2.16 bits per heavy atom. The van der Waals surface area contributed by atoms with Crippen LogP contribution in [0.4, 0.5) is 0 Å². The highest BCUT2D eigenvalue weighted by Crippen LogP contribution is 2.62. The van der Waals surface area contributed by atoms with E-state index in [1.165, 1.54) is 14.2 Å². The van der Waals surface area contributed by atoms with Crippen LogP contribution in [0, 0.1) is 6.92 Å². The first kappa shape index (κ1) is 30.5. The summed E-state index contributed by atoms with van der Waals surface area (Å²) < 4.78 is 50.0. The van der Waals surface area contributed by atoms with Gasteiger partial charge in [-0.15, -0.1) is 0 Å². The van der Waals surface area contributed by atoms with E-state index in [9.17, 15) is 9.59 Å². The van der Waals surface area contributed by atoms with Crippen molar-refractivity contribution < 1.29 is 46.9 Å². The maximum Gasteiger partial charge on any atom is 0.471 e. The van der Waals surface area contributed by atoms with Crippen molar-refractivity contribution >= 4 is 30.9 Å². The van der Waals surface area contributed by atoms with Gasteiger partial charge in [-0.25, -0.2) is 0 Å². The van der Waals surface area contributed by atoms with Gasteiger partial charge >= 0.3 is 14.5 Å². The fourth-order valence-corrected chi connectivity index (χ4v) is 12.0. The Morgan fingerprint density at radius 1 is 0.930 bits per heavy atom. The van der Waals surface area contributed by atoms with Crippen LogP contribution in [0.25, 0.3) is 10.8 Å². The van der Waals surface area contributed by atoms with Gasteiger partial charge in [-0.3, -0.25) is 9.59 Å². The molecule has 0 N–H and O–H groups in total. The molecule has 3 atom stereocenters. The standard InChI is InChI=1S/C32H42O10Si/c1-16-14-18-23-26(21(16)28-25-20(34)15-38-32(39-25,40-28)29(36-9)37-10)41-43(30(2,3)4,31(5,6)7)42-27(23)22-17(24(18)35-8)12-11-13-19(22)33/h14,25,28-29H,11-13,15H2,1-10H3. The molecule has 234 valence electrons. The maximum absolute atomic E-state index is 13.7. The number of ether oxygens (including phenoxy) is 6. The largest absolute Gasteiger partial charge is 0.510 e. The SMILES string of the molecule is COc1c2c(c3c4c(c(C5OC6(C(OC)OC)OCC(=O)C5O6)c(C)cc14)O[Si](C(C)(C)C)(C(C)(C)C)O3)C(=O)CCC2. The fraction of sp³-hybridized carbons (Fsp3) is 0.625. The number of rotatable bonds is 5. The van der Waals surface area contributed by atoms with E-state index < -0.39 is 43.1 Å². The molecule has 3 aliphatic heterocycles. The van der Waals surface area contributed by atoms with E-state index in [2.05, 4.69) is 41.5 Å². The smallest absolute Gasteiger partial charge is 0.471 e. The highest BCUT2D eigenvalue weighted by atomic mass is 28.4. The van der Waals surface area contributed by atoms with Gasteiger partial charge in [0, 0.05) is 47.2 Å². The lowest BCUT2D eigenvalue weighted by Gasteiger charge is -2.51. The van der Waals surface area contributed by atoms with Gasteiger partial charge in [0.2, 0.25) is 6.29 Å². The summed E-state index contributed by atoms with van der Waals surface area (Å²) in [6, 6.07) is 2.00. The molecular formula is C32H42O10Si. The first-order valence-corrected chi connectivity index (χ1v) is 16.7. The van der Waals surface area contributed by atoms with Crippen LogP contribution in [0.3, 0.4) is 0 Å². The minimum atomic E-state index is -3.29. The molecule has 2 fully saturated rings. The lowest BCUT2D eigenvalue weighted by molar-refractivity contribution is -0.425. The summed E-state index contributed by atoms with van der Waals surface area (Å²) in [7, 11) is 1.24. The monoisotopic (exact) mass is 614 g/mol. The average Bonchev–Trinajstić information content (AvgIpc) is 3.25. The number of Topliss-reactive ketones (excluding diaryl/α,β-unsaturated/α-hetero) is 2. The predicted octanol–water partition coefficient (Wildman–Crippen LogP) is 5.82. The number of aryl methyl sites for hydroxylation is 1. The molecule has 10 nitrogen and oxygen atoms in total. The number of ketones is 2. The van der Waals surface area contributed by atoms with E-state index in [1.807, 2.05) is 13.0 Å². The molecule has 11 heteroatoms. The van der Waals surface area contributed by atoms with Gasteiger partial charge < -0.3 is 37.3 Å². The second-order valence-electron chi connectivity index (χ2n) is 13.9. The van der Waals surface area contributed by atoms with E-state index in [0.29, 0.717) is 46.6 Å². The second-order valence-corrected chi connectivity index (χ2v) is 18.6. The number of benzene rings is 2. The average molecular weight is 615 g/mol. The number of carbonyl (C=O) groups excluding carboxylic acids is 2. The molecule has 2 aromatic rings. The highest BCUT2D eigenvalue weighted by Gasteiger charge is 2.66. The maximum atomic E-state index is 13.7. The van der Waals surface area contributed by atoms with Gasteiger partial charge in [0.1, 0.15) is 30.0 Å². The second kappa shape index (κ2) is 9.98. The molecule has 2 bridgehead atoms.